The van der Waals surface area contributed by atoms with Crippen LogP contribution in [0.5, 0.6) is 0 Å². The van der Waals surface area contributed by atoms with Crippen molar-refractivity contribution in [1.29, 1.82) is 0 Å². The van der Waals surface area contributed by atoms with Gasteiger partial charge in [-0.3, -0.25) is 9.59 Å². The molecule has 2 unspecified atom stereocenters. The highest BCUT2D eigenvalue weighted by Crippen LogP contribution is 2.27. The molecule has 2 heterocycles. The summed E-state index contributed by atoms with van der Waals surface area (Å²) in [5, 5.41) is 0. The van der Waals surface area contributed by atoms with Crippen LogP contribution in [0.4, 0.5) is 4.39 Å². The molecule has 0 bridgehead atoms. The molecule has 1 aromatic rings. The Balaban J connectivity index is 1.65. The molecule has 0 saturated carbocycles. The van der Waals surface area contributed by atoms with Crippen LogP contribution in [0.2, 0.25) is 0 Å². The average Bonchev–Trinajstić information content (AvgIpc) is 2.97. The molecule has 0 spiro atoms. The Kier molecular flexibility index (Phi) is 5.17. The summed E-state index contributed by atoms with van der Waals surface area (Å²) in [5.41, 5.74) is 0.503. The minimum absolute atomic E-state index is 0.0540. The Morgan fingerprint density at radius 3 is 2.83 bits per heavy atom. The molecular weight excluding hydrogens is 307 g/mol. The molecule has 0 aliphatic carbocycles. The van der Waals surface area contributed by atoms with Crippen LogP contribution in [0, 0.1) is 11.7 Å². The summed E-state index contributed by atoms with van der Waals surface area (Å²) in [5.74, 6) is -0.536. The maximum absolute atomic E-state index is 13.8. The molecule has 1 aromatic carbocycles. The largest absolute Gasteiger partial charge is 0.339 e. The molecule has 3 rings (SSSR count). The number of hydrogen-bond donors (Lipinski definition) is 0. The minimum atomic E-state index is -0.304. The van der Waals surface area contributed by atoms with Crippen molar-refractivity contribution >= 4 is 11.8 Å². The van der Waals surface area contributed by atoms with E-state index in [1.165, 1.54) is 12.5 Å². The summed E-state index contributed by atoms with van der Waals surface area (Å²) < 4.78 is 13.8. The smallest absolute Gasteiger partial charge is 0.228 e. The van der Waals surface area contributed by atoms with E-state index < -0.39 is 0 Å². The van der Waals surface area contributed by atoms with Crippen LogP contribution < -0.4 is 0 Å². The predicted molar refractivity (Wildman–Crippen MR) is 89.6 cm³/mol. The predicted octanol–water partition coefficient (Wildman–Crippen LogP) is 2.97. The Morgan fingerprint density at radius 1 is 1.29 bits per heavy atom. The van der Waals surface area contributed by atoms with Crippen LogP contribution in [0.3, 0.4) is 0 Å². The van der Waals surface area contributed by atoms with Gasteiger partial charge in [-0.25, -0.2) is 4.39 Å². The first kappa shape index (κ1) is 16.9. The third-order valence-corrected chi connectivity index (χ3v) is 5.26. The average molecular weight is 332 g/mol. The monoisotopic (exact) mass is 332 g/mol. The normalized spacial score (nSPS) is 24.5. The number of benzene rings is 1. The summed E-state index contributed by atoms with van der Waals surface area (Å²) >= 11 is 0. The first-order valence-electron chi connectivity index (χ1n) is 8.91. The van der Waals surface area contributed by atoms with Gasteiger partial charge in [0, 0.05) is 37.7 Å². The molecule has 2 aliphatic rings. The number of nitrogens with zero attached hydrogens (tertiary/aromatic N) is 2. The molecule has 0 aromatic heterocycles. The van der Waals surface area contributed by atoms with Gasteiger partial charge in [0.25, 0.3) is 0 Å². The van der Waals surface area contributed by atoms with E-state index in [-0.39, 0.29) is 36.5 Å². The Morgan fingerprint density at radius 2 is 2.08 bits per heavy atom. The maximum atomic E-state index is 13.8. The summed E-state index contributed by atoms with van der Waals surface area (Å²) in [6, 6.07) is 6.80. The number of piperidine rings is 1. The molecule has 0 N–H and O–H groups in total. The second kappa shape index (κ2) is 7.32. The lowest BCUT2D eigenvalue weighted by Crippen LogP contribution is -2.46. The highest BCUT2D eigenvalue weighted by Gasteiger charge is 2.38. The third kappa shape index (κ3) is 3.45. The van der Waals surface area contributed by atoms with Crippen molar-refractivity contribution in [2.24, 2.45) is 5.92 Å². The van der Waals surface area contributed by atoms with Gasteiger partial charge in [0.1, 0.15) is 5.82 Å². The Hall–Kier alpha value is -1.91. The topological polar surface area (TPSA) is 40.6 Å². The summed E-state index contributed by atoms with van der Waals surface area (Å²) in [7, 11) is 0. The molecule has 2 fully saturated rings. The number of likely N-dealkylation sites (tertiary alicyclic amines) is 2. The van der Waals surface area contributed by atoms with Gasteiger partial charge in [0.2, 0.25) is 11.8 Å². The Bertz CT molecular complexity index is 619. The van der Waals surface area contributed by atoms with Gasteiger partial charge in [-0.1, -0.05) is 25.1 Å². The van der Waals surface area contributed by atoms with E-state index in [4.69, 9.17) is 0 Å². The second-order valence-electron chi connectivity index (χ2n) is 6.86. The maximum Gasteiger partial charge on any atom is 0.228 e. The van der Waals surface area contributed by atoms with Crippen molar-refractivity contribution in [1.82, 2.24) is 9.80 Å². The van der Waals surface area contributed by atoms with Crippen LogP contribution in [-0.2, 0) is 16.1 Å². The van der Waals surface area contributed by atoms with Gasteiger partial charge in [0.15, 0.2) is 0 Å². The van der Waals surface area contributed by atoms with Gasteiger partial charge in [-0.15, -0.1) is 0 Å². The fourth-order valence-electron chi connectivity index (χ4n) is 3.87. The molecule has 24 heavy (non-hydrogen) atoms. The second-order valence-corrected chi connectivity index (χ2v) is 6.86. The van der Waals surface area contributed by atoms with Gasteiger partial charge < -0.3 is 9.80 Å². The van der Waals surface area contributed by atoms with E-state index in [9.17, 15) is 14.0 Å². The zero-order valence-corrected chi connectivity index (χ0v) is 14.2. The van der Waals surface area contributed by atoms with Crippen LogP contribution >= 0.6 is 0 Å². The first-order valence-corrected chi connectivity index (χ1v) is 8.91. The SMILES string of the molecule is CCC1CCCCN1C(=O)C1CC(=O)N(Cc2ccccc2F)C1. The number of halogens is 1. The van der Waals surface area contributed by atoms with Crippen molar-refractivity contribution in [3.63, 3.8) is 0 Å². The van der Waals surface area contributed by atoms with E-state index in [0.29, 0.717) is 18.2 Å². The zero-order chi connectivity index (χ0) is 17.1. The fourth-order valence-corrected chi connectivity index (χ4v) is 3.87. The van der Waals surface area contributed by atoms with Crippen LogP contribution in [0.15, 0.2) is 24.3 Å². The van der Waals surface area contributed by atoms with E-state index in [1.54, 1.807) is 23.1 Å². The van der Waals surface area contributed by atoms with E-state index in [1.807, 2.05) is 4.90 Å². The van der Waals surface area contributed by atoms with Crippen molar-refractivity contribution in [2.75, 3.05) is 13.1 Å². The standard InChI is InChI=1S/C19H25FN2O2/c1-2-16-8-5-6-10-22(16)19(24)15-11-18(23)21(13-15)12-14-7-3-4-9-17(14)20/h3-4,7,9,15-16H,2,5-6,8,10-13H2,1H3. The molecule has 4 nitrogen and oxygen atoms in total. The molecule has 130 valence electrons. The summed E-state index contributed by atoms with van der Waals surface area (Å²) in [6.45, 7) is 3.56. The van der Waals surface area contributed by atoms with Crippen molar-refractivity contribution < 1.29 is 14.0 Å². The van der Waals surface area contributed by atoms with E-state index in [0.717, 1.165) is 25.8 Å². The summed E-state index contributed by atoms with van der Waals surface area (Å²) in [6.07, 6.45) is 4.49. The van der Waals surface area contributed by atoms with Gasteiger partial charge >= 0.3 is 0 Å². The van der Waals surface area contributed by atoms with E-state index in [2.05, 4.69) is 6.92 Å². The summed E-state index contributed by atoms with van der Waals surface area (Å²) in [4.78, 5) is 28.7. The third-order valence-electron chi connectivity index (χ3n) is 5.26. The number of hydrogen-bond acceptors (Lipinski definition) is 2. The van der Waals surface area contributed by atoms with E-state index >= 15 is 0 Å². The highest BCUT2D eigenvalue weighted by atomic mass is 19.1. The lowest BCUT2D eigenvalue weighted by atomic mass is 9.97. The minimum Gasteiger partial charge on any atom is -0.339 e. The number of rotatable bonds is 4. The fraction of sp³-hybridized carbons (Fsp3) is 0.579. The zero-order valence-electron chi connectivity index (χ0n) is 14.2. The Labute approximate surface area is 142 Å². The van der Waals surface area contributed by atoms with Gasteiger partial charge in [-0.2, -0.15) is 0 Å². The van der Waals surface area contributed by atoms with Crippen LogP contribution in [0.25, 0.3) is 0 Å². The van der Waals surface area contributed by atoms with Crippen molar-refractivity contribution in [2.45, 2.75) is 51.6 Å². The molecular formula is C19H25FN2O2. The number of amides is 2. The van der Waals surface area contributed by atoms with Crippen LogP contribution in [0.1, 0.15) is 44.6 Å². The van der Waals surface area contributed by atoms with Gasteiger partial charge in [-0.05, 0) is 31.7 Å². The lowest BCUT2D eigenvalue weighted by Gasteiger charge is -2.36. The highest BCUT2D eigenvalue weighted by molar-refractivity contribution is 5.89. The van der Waals surface area contributed by atoms with Crippen molar-refractivity contribution in [3.05, 3.63) is 35.6 Å². The van der Waals surface area contributed by atoms with Gasteiger partial charge in [0.05, 0.1) is 5.92 Å². The van der Waals surface area contributed by atoms with Crippen LogP contribution in [-0.4, -0.2) is 40.7 Å². The number of carbonyl (C=O) groups is 2. The lowest BCUT2D eigenvalue weighted by molar-refractivity contribution is -0.139. The first-order chi connectivity index (χ1) is 11.6. The molecule has 5 heteroatoms. The molecule has 2 atom stereocenters. The quantitative estimate of drug-likeness (QED) is 0.850. The number of carbonyl (C=O) groups excluding carboxylic acids is 2. The van der Waals surface area contributed by atoms with Crippen molar-refractivity contribution in [3.8, 4) is 0 Å². The molecule has 2 amide bonds. The molecule has 2 aliphatic heterocycles. The molecule has 2 saturated heterocycles. The molecule has 0 radical (unpaired) electrons.